The van der Waals surface area contributed by atoms with Crippen molar-refractivity contribution in [2.24, 2.45) is 0 Å². The van der Waals surface area contributed by atoms with Gasteiger partial charge in [-0.15, -0.1) is 0 Å². The lowest BCUT2D eigenvalue weighted by Crippen LogP contribution is -2.02. The summed E-state index contributed by atoms with van der Waals surface area (Å²) in [5.74, 6) is 0. The van der Waals surface area contributed by atoms with Crippen LogP contribution in [0, 0.1) is 0 Å². The standard InChI is InChI=1S/C13H18O3/c1-2-15-11-13(8-9-16-14)10-12-6-4-3-5-7-12/h3-8,14H,2,9-11H2,1H3/b13-8+. The number of ether oxygens (including phenoxy) is 1. The molecule has 16 heavy (non-hydrogen) atoms. The van der Waals surface area contributed by atoms with Gasteiger partial charge in [-0.25, -0.2) is 4.89 Å². The van der Waals surface area contributed by atoms with Crippen molar-refractivity contribution in [1.82, 2.24) is 0 Å². The van der Waals surface area contributed by atoms with Crippen LogP contribution in [0.25, 0.3) is 0 Å². The van der Waals surface area contributed by atoms with Crippen LogP contribution in [-0.2, 0) is 16.0 Å². The SMILES string of the molecule is CCOC/C(=C/COO)Cc1ccccc1. The molecule has 1 aromatic carbocycles. The lowest BCUT2D eigenvalue weighted by Gasteiger charge is -2.07. The second-order valence-electron chi connectivity index (χ2n) is 3.46. The van der Waals surface area contributed by atoms with Crippen LogP contribution in [0.2, 0.25) is 0 Å². The van der Waals surface area contributed by atoms with Gasteiger partial charge in [-0.05, 0) is 24.5 Å². The molecular weight excluding hydrogens is 204 g/mol. The van der Waals surface area contributed by atoms with E-state index < -0.39 is 0 Å². The van der Waals surface area contributed by atoms with Gasteiger partial charge in [0.05, 0.1) is 6.61 Å². The van der Waals surface area contributed by atoms with Gasteiger partial charge in [0.2, 0.25) is 0 Å². The summed E-state index contributed by atoms with van der Waals surface area (Å²) in [6.45, 7) is 3.43. The fourth-order valence-electron chi connectivity index (χ4n) is 1.43. The largest absolute Gasteiger partial charge is 0.377 e. The van der Waals surface area contributed by atoms with Crippen LogP contribution < -0.4 is 0 Å². The van der Waals surface area contributed by atoms with E-state index in [9.17, 15) is 0 Å². The summed E-state index contributed by atoms with van der Waals surface area (Å²) in [5, 5.41) is 8.32. The van der Waals surface area contributed by atoms with E-state index >= 15 is 0 Å². The summed E-state index contributed by atoms with van der Waals surface area (Å²) in [4.78, 5) is 4.06. The van der Waals surface area contributed by atoms with E-state index in [2.05, 4.69) is 17.0 Å². The molecule has 1 aromatic rings. The van der Waals surface area contributed by atoms with Gasteiger partial charge in [0, 0.05) is 6.61 Å². The van der Waals surface area contributed by atoms with Crippen LogP contribution in [0.5, 0.6) is 0 Å². The zero-order valence-corrected chi connectivity index (χ0v) is 9.56. The highest BCUT2D eigenvalue weighted by atomic mass is 17.1. The fraction of sp³-hybridized carbons (Fsp3) is 0.385. The maximum Gasteiger partial charge on any atom is 0.100 e. The lowest BCUT2D eigenvalue weighted by atomic mass is 10.1. The molecule has 0 amide bonds. The van der Waals surface area contributed by atoms with Crippen LogP contribution in [0.1, 0.15) is 12.5 Å². The van der Waals surface area contributed by atoms with E-state index in [4.69, 9.17) is 9.99 Å². The Hall–Kier alpha value is -1.16. The Morgan fingerprint density at radius 3 is 2.69 bits per heavy atom. The molecule has 0 aliphatic heterocycles. The van der Waals surface area contributed by atoms with Crippen LogP contribution in [0.3, 0.4) is 0 Å². The van der Waals surface area contributed by atoms with Crippen molar-refractivity contribution in [3.8, 4) is 0 Å². The Morgan fingerprint density at radius 1 is 1.31 bits per heavy atom. The van der Waals surface area contributed by atoms with Gasteiger partial charge < -0.3 is 4.74 Å². The van der Waals surface area contributed by atoms with Crippen molar-refractivity contribution in [2.45, 2.75) is 13.3 Å². The van der Waals surface area contributed by atoms with E-state index in [1.54, 1.807) is 0 Å². The number of hydrogen-bond donors (Lipinski definition) is 1. The molecule has 0 aliphatic carbocycles. The highest BCUT2D eigenvalue weighted by Gasteiger charge is 1.99. The Bertz CT molecular complexity index is 306. The molecule has 1 rings (SSSR count). The molecule has 3 nitrogen and oxygen atoms in total. The Labute approximate surface area is 96.2 Å². The number of hydrogen-bond acceptors (Lipinski definition) is 3. The summed E-state index contributed by atoms with van der Waals surface area (Å²) in [6.07, 6.45) is 2.67. The first-order valence-electron chi connectivity index (χ1n) is 5.42. The average molecular weight is 222 g/mol. The van der Waals surface area contributed by atoms with Crippen LogP contribution >= 0.6 is 0 Å². The molecular formula is C13H18O3. The summed E-state index contributed by atoms with van der Waals surface area (Å²) < 4.78 is 5.36. The lowest BCUT2D eigenvalue weighted by molar-refractivity contribution is -0.232. The predicted molar refractivity (Wildman–Crippen MR) is 63.3 cm³/mol. The third kappa shape index (κ3) is 5.07. The minimum Gasteiger partial charge on any atom is -0.377 e. The second-order valence-corrected chi connectivity index (χ2v) is 3.46. The zero-order chi connectivity index (χ0) is 11.6. The van der Waals surface area contributed by atoms with Gasteiger partial charge in [0.1, 0.15) is 6.61 Å². The molecule has 3 heteroatoms. The Balaban J connectivity index is 2.56. The summed E-state index contributed by atoms with van der Waals surface area (Å²) >= 11 is 0. The fourth-order valence-corrected chi connectivity index (χ4v) is 1.43. The smallest absolute Gasteiger partial charge is 0.100 e. The first kappa shape index (κ1) is 12.9. The van der Waals surface area contributed by atoms with Crippen molar-refractivity contribution < 1.29 is 14.9 Å². The van der Waals surface area contributed by atoms with Gasteiger partial charge in [-0.1, -0.05) is 36.4 Å². The minimum absolute atomic E-state index is 0.204. The molecule has 0 unspecified atom stereocenters. The normalized spacial score (nSPS) is 11.8. The summed E-state index contributed by atoms with van der Waals surface area (Å²) in [6, 6.07) is 10.2. The summed E-state index contributed by atoms with van der Waals surface area (Å²) in [7, 11) is 0. The third-order valence-corrected chi connectivity index (χ3v) is 2.21. The van der Waals surface area contributed by atoms with Crippen molar-refractivity contribution in [3.63, 3.8) is 0 Å². The Morgan fingerprint density at radius 2 is 2.06 bits per heavy atom. The highest BCUT2D eigenvalue weighted by molar-refractivity contribution is 5.22. The van der Waals surface area contributed by atoms with Gasteiger partial charge >= 0.3 is 0 Å². The molecule has 0 fully saturated rings. The van der Waals surface area contributed by atoms with Crippen molar-refractivity contribution in [1.29, 1.82) is 0 Å². The molecule has 0 spiro atoms. The van der Waals surface area contributed by atoms with E-state index in [1.807, 2.05) is 31.2 Å². The molecule has 1 N–H and O–H groups in total. The molecule has 0 atom stereocenters. The average Bonchev–Trinajstić information content (AvgIpc) is 2.34. The first-order chi connectivity index (χ1) is 7.86. The monoisotopic (exact) mass is 222 g/mol. The summed E-state index contributed by atoms with van der Waals surface area (Å²) in [5.41, 5.74) is 2.34. The van der Waals surface area contributed by atoms with Crippen molar-refractivity contribution >= 4 is 0 Å². The van der Waals surface area contributed by atoms with Crippen molar-refractivity contribution in [3.05, 3.63) is 47.5 Å². The van der Waals surface area contributed by atoms with Crippen LogP contribution in [0.15, 0.2) is 42.0 Å². The van der Waals surface area contributed by atoms with Crippen molar-refractivity contribution in [2.75, 3.05) is 19.8 Å². The predicted octanol–water partition coefficient (Wildman–Crippen LogP) is 2.68. The van der Waals surface area contributed by atoms with E-state index in [-0.39, 0.29) is 6.61 Å². The molecule has 0 radical (unpaired) electrons. The number of benzene rings is 1. The van der Waals surface area contributed by atoms with E-state index in [1.165, 1.54) is 5.56 Å². The topological polar surface area (TPSA) is 38.7 Å². The minimum atomic E-state index is 0.204. The third-order valence-electron chi connectivity index (χ3n) is 2.21. The van der Waals surface area contributed by atoms with E-state index in [0.717, 1.165) is 12.0 Å². The number of rotatable bonds is 7. The quantitative estimate of drug-likeness (QED) is 0.438. The van der Waals surface area contributed by atoms with Crippen LogP contribution in [0.4, 0.5) is 0 Å². The molecule has 0 saturated carbocycles. The molecule has 0 bridgehead atoms. The maximum atomic E-state index is 8.32. The first-order valence-corrected chi connectivity index (χ1v) is 5.42. The molecule has 0 heterocycles. The van der Waals surface area contributed by atoms with Crippen LogP contribution in [-0.4, -0.2) is 25.1 Å². The molecule has 88 valence electrons. The molecule has 0 aliphatic rings. The highest BCUT2D eigenvalue weighted by Crippen LogP contribution is 2.08. The van der Waals surface area contributed by atoms with Gasteiger partial charge in [-0.2, -0.15) is 0 Å². The second kappa shape index (κ2) is 8.05. The molecule has 0 saturated heterocycles. The van der Waals surface area contributed by atoms with Gasteiger partial charge in [0.15, 0.2) is 0 Å². The van der Waals surface area contributed by atoms with Gasteiger partial charge in [0.25, 0.3) is 0 Å². The Kier molecular flexibility index (Phi) is 6.49. The van der Waals surface area contributed by atoms with E-state index in [0.29, 0.717) is 13.2 Å². The zero-order valence-electron chi connectivity index (χ0n) is 9.56. The maximum absolute atomic E-state index is 8.32. The van der Waals surface area contributed by atoms with Gasteiger partial charge in [-0.3, -0.25) is 5.26 Å². The molecule has 0 aromatic heterocycles.